The van der Waals surface area contributed by atoms with Gasteiger partial charge in [-0.2, -0.15) is 0 Å². The second-order valence-electron chi connectivity index (χ2n) is 6.70. The van der Waals surface area contributed by atoms with E-state index in [2.05, 4.69) is 16.0 Å². The van der Waals surface area contributed by atoms with Gasteiger partial charge in [0.15, 0.2) is 0 Å². The molecule has 9 N–H and O–H groups in total. The van der Waals surface area contributed by atoms with Gasteiger partial charge in [-0.1, -0.05) is 0 Å². The Kier molecular flexibility index (Phi) is 12.2. The largest absolute Gasteiger partial charge is 0.481 e. The first-order valence-corrected chi connectivity index (χ1v) is 9.30. The van der Waals surface area contributed by atoms with E-state index in [1.165, 1.54) is 13.8 Å². The number of nitrogens with two attached hydrogens (primary N) is 2. The van der Waals surface area contributed by atoms with E-state index >= 15 is 0 Å². The third-order valence-electron chi connectivity index (χ3n) is 4.00. The lowest BCUT2D eigenvalue weighted by molar-refractivity contribution is -0.141. The maximum Gasteiger partial charge on any atom is 0.325 e. The minimum absolute atomic E-state index is 0.188. The third-order valence-corrected chi connectivity index (χ3v) is 4.00. The van der Waals surface area contributed by atoms with Crippen LogP contribution in [-0.2, 0) is 24.0 Å². The summed E-state index contributed by atoms with van der Waals surface area (Å²) in [6.45, 7) is 3.05. The molecule has 0 aliphatic heterocycles. The van der Waals surface area contributed by atoms with E-state index in [0.717, 1.165) is 0 Å². The number of carbonyl (C=O) groups is 5. The molecule has 3 amide bonds. The van der Waals surface area contributed by atoms with E-state index in [1.54, 1.807) is 0 Å². The van der Waals surface area contributed by atoms with Crippen molar-refractivity contribution < 1.29 is 34.2 Å². The van der Waals surface area contributed by atoms with Crippen LogP contribution in [0.3, 0.4) is 0 Å². The summed E-state index contributed by atoms with van der Waals surface area (Å²) in [6.07, 6.45) is 0.661. The fraction of sp³-hybridized carbons (Fsp3) is 0.706. The summed E-state index contributed by atoms with van der Waals surface area (Å²) in [5.74, 6) is -4.53. The molecule has 0 heterocycles. The number of carboxylic acids is 2. The maximum atomic E-state index is 12.6. The van der Waals surface area contributed by atoms with E-state index in [-0.39, 0.29) is 12.8 Å². The van der Waals surface area contributed by atoms with Gasteiger partial charge < -0.3 is 37.6 Å². The fourth-order valence-corrected chi connectivity index (χ4v) is 2.25. The molecule has 0 unspecified atom stereocenters. The fourth-order valence-electron chi connectivity index (χ4n) is 2.25. The van der Waals surface area contributed by atoms with E-state index in [9.17, 15) is 24.0 Å². The molecule has 0 aliphatic carbocycles. The molecule has 0 aliphatic rings. The van der Waals surface area contributed by atoms with Crippen LogP contribution in [0.25, 0.3) is 0 Å². The number of carboxylic acid groups (broad SMARTS) is 2. The van der Waals surface area contributed by atoms with Crippen LogP contribution in [0.1, 0.15) is 46.0 Å². The summed E-state index contributed by atoms with van der Waals surface area (Å²) in [5.41, 5.74) is 10.9. The molecule has 0 spiro atoms. The van der Waals surface area contributed by atoms with E-state index in [0.29, 0.717) is 19.4 Å². The minimum Gasteiger partial charge on any atom is -0.481 e. The van der Waals surface area contributed by atoms with Gasteiger partial charge in [0.25, 0.3) is 0 Å². The summed E-state index contributed by atoms with van der Waals surface area (Å²) < 4.78 is 0. The van der Waals surface area contributed by atoms with Gasteiger partial charge in [-0.15, -0.1) is 0 Å². The SMILES string of the molecule is C[C@H](N)C(=O)N[C@H](CCC(=O)O)C(=O)N[C@@H](CCCCN)C(=O)N[C@H](C)C(=O)O. The molecule has 0 radical (unpaired) electrons. The minimum atomic E-state index is -1.24. The van der Waals surface area contributed by atoms with Crippen molar-refractivity contribution in [2.24, 2.45) is 11.5 Å². The average Bonchev–Trinajstić information content (AvgIpc) is 2.63. The van der Waals surface area contributed by atoms with Gasteiger partial charge in [0.1, 0.15) is 18.1 Å². The van der Waals surface area contributed by atoms with Crippen LogP contribution in [0.2, 0.25) is 0 Å². The van der Waals surface area contributed by atoms with Crippen LogP contribution in [0, 0.1) is 0 Å². The molecular weight excluding hydrogens is 386 g/mol. The van der Waals surface area contributed by atoms with Crippen molar-refractivity contribution in [3.05, 3.63) is 0 Å². The summed E-state index contributed by atoms with van der Waals surface area (Å²) in [6, 6.07) is -4.38. The van der Waals surface area contributed by atoms with Crippen LogP contribution in [0.4, 0.5) is 0 Å². The Labute approximate surface area is 168 Å². The van der Waals surface area contributed by atoms with Gasteiger partial charge in [0.2, 0.25) is 17.7 Å². The number of hydrogen-bond acceptors (Lipinski definition) is 7. The number of amides is 3. The molecule has 0 aromatic carbocycles. The number of hydrogen-bond donors (Lipinski definition) is 7. The predicted octanol–water partition coefficient (Wildman–Crippen LogP) is -2.11. The molecule has 29 heavy (non-hydrogen) atoms. The first-order chi connectivity index (χ1) is 13.5. The molecule has 166 valence electrons. The predicted molar refractivity (Wildman–Crippen MR) is 103 cm³/mol. The van der Waals surface area contributed by atoms with E-state index < -0.39 is 60.2 Å². The molecule has 4 atom stereocenters. The second-order valence-corrected chi connectivity index (χ2v) is 6.70. The Hall–Kier alpha value is -2.73. The summed E-state index contributed by atoms with van der Waals surface area (Å²) >= 11 is 0. The third kappa shape index (κ3) is 11.0. The molecule has 12 heteroatoms. The van der Waals surface area contributed by atoms with Crippen molar-refractivity contribution in [1.82, 2.24) is 16.0 Å². The Morgan fingerprint density at radius 1 is 0.828 bits per heavy atom. The number of unbranched alkanes of at least 4 members (excludes halogenated alkanes) is 1. The normalized spacial score (nSPS) is 14.8. The highest BCUT2D eigenvalue weighted by atomic mass is 16.4. The zero-order valence-electron chi connectivity index (χ0n) is 16.6. The van der Waals surface area contributed by atoms with Crippen molar-refractivity contribution >= 4 is 29.7 Å². The van der Waals surface area contributed by atoms with Crippen molar-refractivity contribution in [1.29, 1.82) is 0 Å². The summed E-state index contributed by atoms with van der Waals surface area (Å²) in [5, 5.41) is 24.9. The van der Waals surface area contributed by atoms with Gasteiger partial charge in [-0.3, -0.25) is 24.0 Å². The van der Waals surface area contributed by atoms with Crippen LogP contribution in [-0.4, -0.2) is 70.6 Å². The Morgan fingerprint density at radius 3 is 1.83 bits per heavy atom. The number of carbonyl (C=O) groups excluding carboxylic acids is 3. The highest BCUT2D eigenvalue weighted by Crippen LogP contribution is 2.05. The van der Waals surface area contributed by atoms with Gasteiger partial charge >= 0.3 is 11.9 Å². The highest BCUT2D eigenvalue weighted by molar-refractivity contribution is 5.94. The Morgan fingerprint density at radius 2 is 1.34 bits per heavy atom. The summed E-state index contributed by atoms with van der Waals surface area (Å²) in [7, 11) is 0. The molecule has 0 bridgehead atoms. The quantitative estimate of drug-likeness (QED) is 0.154. The van der Waals surface area contributed by atoms with Crippen LogP contribution in [0.15, 0.2) is 0 Å². The molecular formula is C17H31N5O7. The number of nitrogens with one attached hydrogen (secondary N) is 3. The molecule has 0 fully saturated rings. The maximum absolute atomic E-state index is 12.6. The lowest BCUT2D eigenvalue weighted by Gasteiger charge is -2.24. The number of rotatable bonds is 14. The van der Waals surface area contributed by atoms with Crippen molar-refractivity contribution in [3.8, 4) is 0 Å². The molecule has 0 saturated heterocycles. The van der Waals surface area contributed by atoms with Crippen molar-refractivity contribution in [2.75, 3.05) is 6.54 Å². The van der Waals surface area contributed by atoms with Gasteiger partial charge in [0.05, 0.1) is 6.04 Å². The van der Waals surface area contributed by atoms with Crippen molar-refractivity contribution in [2.45, 2.75) is 70.1 Å². The lowest BCUT2D eigenvalue weighted by Crippen LogP contribution is -2.56. The lowest BCUT2D eigenvalue weighted by atomic mass is 10.1. The van der Waals surface area contributed by atoms with Crippen molar-refractivity contribution in [3.63, 3.8) is 0 Å². The second kappa shape index (κ2) is 13.4. The standard InChI is InChI=1S/C17H31N5O7/c1-9(19)14(25)21-12(6-7-13(23)24)16(27)22-11(5-3-4-8-18)15(26)20-10(2)17(28)29/h9-12H,3-8,18-19H2,1-2H3,(H,20,26)(H,21,25)(H,22,27)(H,23,24)(H,28,29)/t9-,10+,11-,12+/m0/s1. The zero-order valence-corrected chi connectivity index (χ0v) is 16.6. The molecule has 0 saturated carbocycles. The van der Waals surface area contributed by atoms with Gasteiger partial charge in [0, 0.05) is 6.42 Å². The highest BCUT2D eigenvalue weighted by Gasteiger charge is 2.28. The molecule has 0 aromatic heterocycles. The average molecular weight is 417 g/mol. The molecule has 12 nitrogen and oxygen atoms in total. The van der Waals surface area contributed by atoms with Gasteiger partial charge in [-0.25, -0.2) is 0 Å². The molecule has 0 aromatic rings. The van der Waals surface area contributed by atoms with E-state index in [4.69, 9.17) is 21.7 Å². The van der Waals surface area contributed by atoms with Crippen LogP contribution in [0.5, 0.6) is 0 Å². The Bertz CT molecular complexity index is 597. The van der Waals surface area contributed by atoms with Crippen LogP contribution >= 0.6 is 0 Å². The van der Waals surface area contributed by atoms with E-state index in [1.807, 2.05) is 0 Å². The smallest absolute Gasteiger partial charge is 0.325 e. The zero-order chi connectivity index (χ0) is 22.6. The molecule has 0 rings (SSSR count). The van der Waals surface area contributed by atoms with Gasteiger partial charge in [-0.05, 0) is 46.1 Å². The topological polar surface area (TPSA) is 214 Å². The Balaban J connectivity index is 5.28. The summed E-state index contributed by atoms with van der Waals surface area (Å²) in [4.78, 5) is 58.6. The first-order valence-electron chi connectivity index (χ1n) is 9.30. The number of aliphatic carboxylic acids is 2. The first kappa shape index (κ1) is 26.3. The van der Waals surface area contributed by atoms with Crippen LogP contribution < -0.4 is 27.4 Å². The monoisotopic (exact) mass is 417 g/mol.